The highest BCUT2D eigenvalue weighted by Gasteiger charge is 2.42. The molecule has 0 aliphatic rings. The highest BCUT2D eigenvalue weighted by atomic mass is 16.5. The van der Waals surface area contributed by atoms with Crippen molar-refractivity contribution in [2.45, 2.75) is 45.4 Å². The highest BCUT2D eigenvalue weighted by molar-refractivity contribution is 5.91. The van der Waals surface area contributed by atoms with Crippen LogP contribution in [0.2, 0.25) is 0 Å². The Bertz CT molecular complexity index is 2310. The number of rotatable bonds is 13. The van der Waals surface area contributed by atoms with Crippen LogP contribution in [-0.2, 0) is 29.8 Å². The van der Waals surface area contributed by atoms with Crippen LogP contribution in [0.3, 0.4) is 0 Å². The maximum Gasteiger partial charge on any atom is 0.339 e. The summed E-state index contributed by atoms with van der Waals surface area (Å²) in [4.78, 5) is 26.5. The van der Waals surface area contributed by atoms with E-state index in [1.807, 2.05) is 109 Å². The summed E-state index contributed by atoms with van der Waals surface area (Å²) >= 11 is 0. The maximum atomic E-state index is 13.5. The molecule has 0 bridgehead atoms. The van der Waals surface area contributed by atoms with Gasteiger partial charge >= 0.3 is 5.97 Å². The van der Waals surface area contributed by atoms with Gasteiger partial charge < -0.3 is 14.4 Å². The Balaban J connectivity index is 1.33. The van der Waals surface area contributed by atoms with Crippen LogP contribution >= 0.6 is 0 Å². The van der Waals surface area contributed by atoms with E-state index in [-0.39, 0.29) is 24.3 Å². The lowest BCUT2D eigenvalue weighted by Gasteiger charge is -2.36. The summed E-state index contributed by atoms with van der Waals surface area (Å²) in [5.41, 5.74) is 6.42. The van der Waals surface area contributed by atoms with E-state index >= 15 is 0 Å². The van der Waals surface area contributed by atoms with Gasteiger partial charge in [0.2, 0.25) is 0 Å². The predicted octanol–water partition coefficient (Wildman–Crippen LogP) is 7.68. The molecular weight excluding hydrogens is 675 g/mol. The molecule has 0 aliphatic heterocycles. The Morgan fingerprint density at radius 1 is 0.741 bits per heavy atom. The Morgan fingerprint density at radius 3 is 1.83 bits per heavy atom. The first kappa shape index (κ1) is 35.9. The smallest absolute Gasteiger partial charge is 0.339 e. The van der Waals surface area contributed by atoms with Crippen molar-refractivity contribution in [1.29, 1.82) is 0 Å². The Labute approximate surface area is 314 Å². The van der Waals surface area contributed by atoms with Gasteiger partial charge in [0.15, 0.2) is 5.82 Å². The molecule has 0 saturated carbocycles. The van der Waals surface area contributed by atoms with Gasteiger partial charge in [-0.2, -0.15) is 0 Å². The number of hydrogen-bond donors (Lipinski definition) is 1. The van der Waals surface area contributed by atoms with E-state index in [0.29, 0.717) is 23.5 Å². The van der Waals surface area contributed by atoms with Gasteiger partial charge in [-0.1, -0.05) is 153 Å². The first-order valence-electron chi connectivity index (χ1n) is 18.2. The van der Waals surface area contributed by atoms with Gasteiger partial charge in [0, 0.05) is 16.8 Å². The number of aromatic nitrogens is 5. The summed E-state index contributed by atoms with van der Waals surface area (Å²) in [5, 5.41) is 23.7. The Morgan fingerprint density at radius 2 is 1.30 bits per heavy atom. The van der Waals surface area contributed by atoms with Gasteiger partial charge in [0.05, 0.1) is 25.3 Å². The third-order valence-corrected chi connectivity index (χ3v) is 9.76. The zero-order chi connectivity index (χ0) is 37.5. The standard InChI is InChI=1S/C45H41N5O4/c1-3-16-41-40(44(53)54-4-2)29-34(31-51)43(52)49(41)30-32-25-27-33(28-26-32)38-23-14-15-24-39(38)42-46-47-48-50(42)45(35-17-8-5-9-18-35,36-19-10-6-11-20-36)37-21-12-7-13-22-37/h5-15,17-29,51H,3-4,16,30-31H2,1-2H3. The summed E-state index contributed by atoms with van der Waals surface area (Å²) in [6, 6.07) is 48.4. The summed E-state index contributed by atoms with van der Waals surface area (Å²) in [6.07, 6.45) is 1.23. The molecule has 0 fully saturated rings. The monoisotopic (exact) mass is 715 g/mol. The minimum absolute atomic E-state index is 0.152. The number of carbonyl (C=O) groups excluding carboxylic acids is 1. The molecule has 0 spiro atoms. The lowest BCUT2D eigenvalue weighted by atomic mass is 9.77. The quantitative estimate of drug-likeness (QED) is 0.0963. The van der Waals surface area contributed by atoms with Crippen molar-refractivity contribution in [2.24, 2.45) is 0 Å². The molecule has 9 heteroatoms. The molecule has 54 heavy (non-hydrogen) atoms. The van der Waals surface area contributed by atoms with Crippen molar-refractivity contribution in [3.05, 3.63) is 195 Å². The molecule has 270 valence electrons. The van der Waals surface area contributed by atoms with Gasteiger partial charge in [-0.3, -0.25) is 4.79 Å². The number of carbonyl (C=O) groups is 1. The van der Waals surface area contributed by atoms with E-state index in [0.717, 1.165) is 45.4 Å². The lowest BCUT2D eigenvalue weighted by molar-refractivity contribution is 0.0523. The number of benzene rings is 5. The zero-order valence-corrected chi connectivity index (χ0v) is 30.3. The molecule has 0 aliphatic carbocycles. The van der Waals surface area contributed by atoms with Crippen LogP contribution in [0.4, 0.5) is 0 Å². The minimum Gasteiger partial charge on any atom is -0.462 e. The van der Waals surface area contributed by atoms with E-state index in [4.69, 9.17) is 9.95 Å². The number of esters is 1. The van der Waals surface area contributed by atoms with Crippen LogP contribution in [0.1, 0.15) is 64.1 Å². The summed E-state index contributed by atoms with van der Waals surface area (Å²) in [7, 11) is 0. The van der Waals surface area contributed by atoms with Crippen LogP contribution in [0.25, 0.3) is 22.5 Å². The molecule has 0 saturated heterocycles. The molecule has 0 amide bonds. The molecule has 2 heterocycles. The molecule has 7 rings (SSSR count). The number of aliphatic hydroxyl groups excluding tert-OH is 1. The van der Waals surface area contributed by atoms with Gasteiger partial charge in [-0.05, 0) is 63.2 Å². The van der Waals surface area contributed by atoms with E-state index in [1.54, 1.807) is 11.5 Å². The van der Waals surface area contributed by atoms with Gasteiger partial charge in [-0.25, -0.2) is 9.48 Å². The fourth-order valence-corrected chi connectivity index (χ4v) is 7.32. The Kier molecular flexibility index (Phi) is 10.7. The molecule has 2 aromatic heterocycles. The van der Waals surface area contributed by atoms with E-state index in [9.17, 15) is 14.7 Å². The van der Waals surface area contributed by atoms with Crippen LogP contribution in [0.5, 0.6) is 0 Å². The van der Waals surface area contributed by atoms with Gasteiger partial charge in [0.1, 0.15) is 5.54 Å². The molecule has 5 aromatic carbocycles. The zero-order valence-electron chi connectivity index (χ0n) is 30.3. The van der Waals surface area contributed by atoms with E-state index in [2.05, 4.69) is 52.8 Å². The topological polar surface area (TPSA) is 112 Å². The number of hydrogen-bond acceptors (Lipinski definition) is 7. The fraction of sp³-hybridized carbons (Fsp3) is 0.178. The lowest BCUT2D eigenvalue weighted by Crippen LogP contribution is -2.39. The third kappa shape index (κ3) is 6.66. The fourth-order valence-electron chi connectivity index (χ4n) is 7.32. The summed E-state index contributed by atoms with van der Waals surface area (Å²) < 4.78 is 8.84. The predicted molar refractivity (Wildman–Crippen MR) is 209 cm³/mol. The average molecular weight is 716 g/mol. The van der Waals surface area contributed by atoms with Crippen molar-refractivity contribution in [3.8, 4) is 22.5 Å². The number of nitrogens with zero attached hydrogens (tertiary/aromatic N) is 5. The molecular formula is C45H41N5O4. The van der Waals surface area contributed by atoms with Gasteiger partial charge in [0.25, 0.3) is 5.56 Å². The Hall–Kier alpha value is -6.45. The third-order valence-electron chi connectivity index (χ3n) is 9.76. The van der Waals surface area contributed by atoms with Crippen molar-refractivity contribution < 1.29 is 14.6 Å². The van der Waals surface area contributed by atoms with Crippen LogP contribution in [-0.4, -0.2) is 42.5 Å². The van der Waals surface area contributed by atoms with Gasteiger partial charge in [-0.15, -0.1) is 5.10 Å². The van der Waals surface area contributed by atoms with Crippen LogP contribution in [0, 0.1) is 0 Å². The SMILES string of the molecule is CCCc1c(C(=O)OCC)cc(CO)c(=O)n1Cc1ccc(-c2ccccc2-c2nnnn2C(c2ccccc2)(c2ccccc2)c2ccccc2)cc1. The second-order valence-electron chi connectivity index (χ2n) is 13.0. The average Bonchev–Trinajstić information content (AvgIpc) is 3.71. The summed E-state index contributed by atoms with van der Waals surface area (Å²) in [5.74, 6) is 0.0869. The second kappa shape index (κ2) is 16.1. The molecule has 0 atom stereocenters. The van der Waals surface area contributed by atoms with Crippen molar-refractivity contribution in [1.82, 2.24) is 24.8 Å². The second-order valence-corrected chi connectivity index (χ2v) is 13.0. The van der Waals surface area contributed by atoms with E-state index < -0.39 is 18.1 Å². The maximum absolute atomic E-state index is 13.5. The number of pyridine rings is 1. The normalized spacial score (nSPS) is 11.4. The van der Waals surface area contributed by atoms with Crippen molar-refractivity contribution in [2.75, 3.05) is 6.61 Å². The highest BCUT2D eigenvalue weighted by Crippen LogP contribution is 2.43. The molecule has 7 aromatic rings. The van der Waals surface area contributed by atoms with Crippen LogP contribution in [0.15, 0.2) is 150 Å². The molecule has 0 unspecified atom stereocenters. The summed E-state index contributed by atoms with van der Waals surface area (Å²) in [6.45, 7) is 3.69. The van der Waals surface area contributed by atoms with Crippen LogP contribution < -0.4 is 5.56 Å². The largest absolute Gasteiger partial charge is 0.462 e. The molecule has 0 radical (unpaired) electrons. The van der Waals surface area contributed by atoms with E-state index in [1.165, 1.54) is 6.07 Å². The number of tetrazole rings is 1. The minimum atomic E-state index is -0.908. The van der Waals surface area contributed by atoms with Crippen molar-refractivity contribution in [3.63, 3.8) is 0 Å². The van der Waals surface area contributed by atoms with Crippen molar-refractivity contribution >= 4 is 5.97 Å². The molecule has 1 N–H and O–H groups in total. The molecule has 9 nitrogen and oxygen atoms in total. The number of aliphatic hydroxyl groups is 1. The first-order chi connectivity index (χ1) is 26.5. The number of ether oxygens (including phenoxy) is 1. The first-order valence-corrected chi connectivity index (χ1v) is 18.2.